The average molecular weight is 547 g/mol. The smallest absolute Gasteiger partial charge is 0.407 e. The average Bonchev–Trinajstić information content (AvgIpc) is 3.30. The van der Waals surface area contributed by atoms with E-state index in [0.29, 0.717) is 6.61 Å². The van der Waals surface area contributed by atoms with E-state index in [2.05, 4.69) is 46.7 Å². The second kappa shape index (κ2) is 14.1. The lowest BCUT2D eigenvalue weighted by molar-refractivity contribution is -0.143. The first-order chi connectivity index (χ1) is 19.4. The number of Topliss-reactive ketones (excluding diaryl/α,β-unsaturated/α-hetero) is 1. The molecular formula is C32H38N2O6. The van der Waals surface area contributed by atoms with Crippen LogP contribution >= 0.6 is 0 Å². The van der Waals surface area contributed by atoms with Gasteiger partial charge in [0.05, 0.1) is 25.8 Å². The Kier molecular flexibility index (Phi) is 10.3. The van der Waals surface area contributed by atoms with Crippen LogP contribution in [-0.4, -0.2) is 62.9 Å². The molecule has 8 heteroatoms. The third-order valence-corrected chi connectivity index (χ3v) is 7.84. The summed E-state index contributed by atoms with van der Waals surface area (Å²) in [7, 11) is 1.28. The molecule has 1 saturated carbocycles. The summed E-state index contributed by atoms with van der Waals surface area (Å²) in [6, 6.07) is 14.7. The van der Waals surface area contributed by atoms with E-state index in [9.17, 15) is 14.4 Å². The summed E-state index contributed by atoms with van der Waals surface area (Å²) in [6.45, 7) is 4.05. The lowest BCUT2D eigenvalue weighted by Crippen LogP contribution is -2.54. The van der Waals surface area contributed by atoms with Gasteiger partial charge in [-0.2, -0.15) is 0 Å². The van der Waals surface area contributed by atoms with Crippen LogP contribution in [0, 0.1) is 17.8 Å². The molecule has 2 aromatic carbocycles. The molecule has 0 bridgehead atoms. The number of ether oxygens (including phenoxy) is 3. The van der Waals surface area contributed by atoms with E-state index in [4.69, 9.17) is 14.2 Å². The maximum absolute atomic E-state index is 12.9. The van der Waals surface area contributed by atoms with Crippen LogP contribution in [0.3, 0.4) is 0 Å². The Morgan fingerprint density at radius 3 is 2.20 bits per heavy atom. The standard InChI is InChI=1S/C32H38N2O6/c1-4-5-18-39-23-16-14-22(15-17-23)29(35)19-33-30(31(36)38-3)21(2)34-32(37)40-20-28-26-12-8-6-10-24(26)25-11-7-9-13-27(25)28/h6-13,21-23,28,30,33H,14-20H2,1-3H3,(H,34,37)/t21-,22?,23?,30+/m1/s1. The van der Waals surface area contributed by atoms with E-state index in [1.807, 2.05) is 24.3 Å². The summed E-state index contributed by atoms with van der Waals surface area (Å²) < 4.78 is 16.3. The molecule has 2 aliphatic rings. The summed E-state index contributed by atoms with van der Waals surface area (Å²) in [6.07, 6.45) is 2.58. The molecule has 0 radical (unpaired) electrons. The van der Waals surface area contributed by atoms with Gasteiger partial charge in [-0.05, 0) is 61.8 Å². The number of fused-ring (bicyclic) bond motifs is 3. The summed E-state index contributed by atoms with van der Waals surface area (Å²) in [4.78, 5) is 38.2. The van der Waals surface area contributed by atoms with Gasteiger partial charge < -0.3 is 19.5 Å². The number of alkyl carbamates (subject to hydrolysis) is 1. The third-order valence-electron chi connectivity index (χ3n) is 7.84. The molecule has 2 aromatic rings. The fourth-order valence-corrected chi connectivity index (χ4v) is 5.64. The second-order valence-corrected chi connectivity index (χ2v) is 10.3. The van der Waals surface area contributed by atoms with Gasteiger partial charge in [0.2, 0.25) is 0 Å². The van der Waals surface area contributed by atoms with E-state index in [0.717, 1.165) is 47.9 Å². The molecule has 0 unspecified atom stereocenters. The molecule has 40 heavy (non-hydrogen) atoms. The van der Waals surface area contributed by atoms with Crippen molar-refractivity contribution in [3.63, 3.8) is 0 Å². The van der Waals surface area contributed by atoms with E-state index in [-0.39, 0.29) is 36.9 Å². The van der Waals surface area contributed by atoms with Crippen molar-refractivity contribution in [3.8, 4) is 23.0 Å². The lowest BCUT2D eigenvalue weighted by Gasteiger charge is -2.28. The van der Waals surface area contributed by atoms with Crippen LogP contribution in [-0.2, 0) is 23.8 Å². The highest BCUT2D eigenvalue weighted by molar-refractivity contribution is 5.84. The molecule has 0 aliphatic heterocycles. The van der Waals surface area contributed by atoms with E-state index >= 15 is 0 Å². The van der Waals surface area contributed by atoms with Crippen LogP contribution < -0.4 is 10.6 Å². The molecule has 0 saturated heterocycles. The molecule has 4 rings (SSSR count). The van der Waals surface area contributed by atoms with E-state index in [1.165, 1.54) is 7.11 Å². The molecule has 1 fully saturated rings. The number of amides is 1. The van der Waals surface area contributed by atoms with Gasteiger partial charge in [0, 0.05) is 11.8 Å². The maximum Gasteiger partial charge on any atom is 0.407 e. The van der Waals surface area contributed by atoms with Crippen molar-refractivity contribution in [2.75, 3.05) is 26.9 Å². The van der Waals surface area contributed by atoms with Crippen LogP contribution in [0.15, 0.2) is 48.5 Å². The third kappa shape index (κ3) is 7.09. The van der Waals surface area contributed by atoms with E-state index in [1.54, 1.807) is 13.8 Å². The number of methoxy groups -OCH3 is 1. The highest BCUT2D eigenvalue weighted by Gasteiger charge is 2.32. The molecule has 2 atom stereocenters. The molecule has 8 nitrogen and oxygen atoms in total. The number of hydrogen-bond donors (Lipinski definition) is 2. The number of nitrogens with one attached hydrogen (secondary N) is 2. The minimum absolute atomic E-state index is 0.00791. The van der Waals surface area contributed by atoms with E-state index < -0.39 is 24.1 Å². The Morgan fingerprint density at radius 1 is 0.975 bits per heavy atom. The maximum atomic E-state index is 12.9. The predicted octanol–water partition coefficient (Wildman–Crippen LogP) is 4.21. The van der Waals surface area contributed by atoms with Crippen LogP contribution in [0.25, 0.3) is 11.1 Å². The van der Waals surface area contributed by atoms with Crippen LogP contribution in [0.1, 0.15) is 56.6 Å². The zero-order valence-corrected chi connectivity index (χ0v) is 23.4. The first kappa shape index (κ1) is 29.3. The summed E-state index contributed by atoms with van der Waals surface area (Å²) >= 11 is 0. The monoisotopic (exact) mass is 546 g/mol. The minimum atomic E-state index is -0.901. The van der Waals surface area contributed by atoms with Crippen LogP contribution in [0.2, 0.25) is 0 Å². The summed E-state index contributed by atoms with van der Waals surface area (Å²) in [5, 5.41) is 5.74. The highest BCUT2D eigenvalue weighted by Crippen LogP contribution is 2.44. The molecule has 0 aromatic heterocycles. The molecule has 0 heterocycles. The number of carbonyl (C=O) groups is 3. The van der Waals surface area contributed by atoms with Gasteiger partial charge in [0.25, 0.3) is 0 Å². The van der Waals surface area contributed by atoms with Crippen molar-refractivity contribution in [2.45, 2.75) is 63.6 Å². The number of ketones is 1. The quantitative estimate of drug-likeness (QED) is 0.322. The number of carbonyl (C=O) groups excluding carboxylic acids is 3. The number of hydrogen-bond acceptors (Lipinski definition) is 7. The fraction of sp³-hybridized carbons (Fsp3) is 0.469. The highest BCUT2D eigenvalue weighted by atomic mass is 16.5. The van der Waals surface area contributed by atoms with Gasteiger partial charge in [-0.15, -0.1) is 5.92 Å². The molecule has 1 amide bonds. The summed E-state index contributed by atoms with van der Waals surface area (Å²) in [5.41, 5.74) is 4.53. The Balaban J connectivity index is 1.27. The van der Waals surface area contributed by atoms with Crippen LogP contribution in [0.5, 0.6) is 0 Å². The van der Waals surface area contributed by atoms with Crippen molar-refractivity contribution in [2.24, 2.45) is 5.92 Å². The normalized spacial score (nSPS) is 19.3. The number of esters is 1. The predicted molar refractivity (Wildman–Crippen MR) is 152 cm³/mol. The zero-order valence-electron chi connectivity index (χ0n) is 23.4. The molecule has 0 spiro atoms. The Hall–Kier alpha value is -3.67. The van der Waals surface area contributed by atoms with Gasteiger partial charge in [-0.1, -0.05) is 54.5 Å². The lowest BCUT2D eigenvalue weighted by atomic mass is 9.84. The van der Waals surface area contributed by atoms with Crippen molar-refractivity contribution in [1.82, 2.24) is 10.6 Å². The van der Waals surface area contributed by atoms with Crippen molar-refractivity contribution < 1.29 is 28.6 Å². The fourth-order valence-electron chi connectivity index (χ4n) is 5.64. The van der Waals surface area contributed by atoms with Crippen molar-refractivity contribution in [3.05, 3.63) is 59.7 Å². The molecule has 212 valence electrons. The molecule has 2 N–H and O–H groups in total. The second-order valence-electron chi connectivity index (χ2n) is 10.3. The van der Waals surface area contributed by atoms with Crippen molar-refractivity contribution in [1.29, 1.82) is 0 Å². The van der Waals surface area contributed by atoms with Gasteiger partial charge in [-0.3, -0.25) is 14.9 Å². The molecular weight excluding hydrogens is 508 g/mol. The Bertz CT molecular complexity index is 1210. The Morgan fingerprint density at radius 2 is 1.60 bits per heavy atom. The van der Waals surface area contributed by atoms with Gasteiger partial charge >= 0.3 is 12.1 Å². The molecule has 2 aliphatic carbocycles. The Labute approximate surface area is 236 Å². The van der Waals surface area contributed by atoms with Crippen molar-refractivity contribution >= 4 is 17.8 Å². The first-order valence-corrected chi connectivity index (χ1v) is 13.9. The zero-order chi connectivity index (χ0) is 28.5. The first-order valence-electron chi connectivity index (χ1n) is 13.9. The summed E-state index contributed by atoms with van der Waals surface area (Å²) in [5.74, 6) is 5.03. The number of rotatable bonds is 11. The SMILES string of the molecule is CC#CCOC1CCC(C(=O)CN[C@H](C(=O)OC)[C@@H](C)NC(=O)OCC2c3ccccc3-c3ccccc32)CC1. The van der Waals surface area contributed by atoms with Gasteiger partial charge in [0.15, 0.2) is 0 Å². The number of benzene rings is 2. The minimum Gasteiger partial charge on any atom is -0.468 e. The topological polar surface area (TPSA) is 103 Å². The van der Waals surface area contributed by atoms with Crippen LogP contribution in [0.4, 0.5) is 4.79 Å². The largest absolute Gasteiger partial charge is 0.468 e. The van der Waals surface area contributed by atoms with Gasteiger partial charge in [-0.25, -0.2) is 4.79 Å². The van der Waals surface area contributed by atoms with Gasteiger partial charge in [0.1, 0.15) is 25.0 Å².